The van der Waals surface area contributed by atoms with Crippen molar-refractivity contribution in [3.8, 4) is 0 Å². The number of hydrogen-bond donors (Lipinski definition) is 3. The Morgan fingerprint density at radius 2 is 1.54 bits per heavy atom. The van der Waals surface area contributed by atoms with Gasteiger partial charge in [0.1, 0.15) is 0 Å². The highest BCUT2D eigenvalue weighted by Gasteiger charge is 2.36. The molecule has 2 aromatic rings. The zero-order valence-electron chi connectivity index (χ0n) is 19.8. The van der Waals surface area contributed by atoms with E-state index >= 15 is 0 Å². The van der Waals surface area contributed by atoms with Gasteiger partial charge in [-0.15, -0.1) is 0 Å². The summed E-state index contributed by atoms with van der Waals surface area (Å²) in [6.07, 6.45) is -0.158. The number of rotatable bonds is 6. The Hall–Kier alpha value is -4.21. The second-order valence-corrected chi connectivity index (χ2v) is 9.15. The zero-order valence-corrected chi connectivity index (χ0v) is 19.8. The van der Waals surface area contributed by atoms with Crippen molar-refractivity contribution in [2.75, 3.05) is 13.2 Å². The second-order valence-electron chi connectivity index (χ2n) is 9.15. The number of hydrogen-bond acceptors (Lipinski definition) is 6. The summed E-state index contributed by atoms with van der Waals surface area (Å²) in [5, 5.41) is 1.08. The zero-order chi connectivity index (χ0) is 25.6. The van der Waals surface area contributed by atoms with E-state index in [2.05, 4.69) is 37.0 Å². The van der Waals surface area contributed by atoms with Gasteiger partial charge in [-0.25, -0.2) is 0 Å². The third kappa shape index (κ3) is 6.89. The molecule has 0 bridgehead atoms. The first-order valence-corrected chi connectivity index (χ1v) is 11.1. The highest BCUT2D eigenvalue weighted by molar-refractivity contribution is 5.97. The summed E-state index contributed by atoms with van der Waals surface area (Å²) in [7, 11) is 0. The first-order valence-electron chi connectivity index (χ1n) is 11.1. The van der Waals surface area contributed by atoms with Gasteiger partial charge in [-0.05, 0) is 35.2 Å². The van der Waals surface area contributed by atoms with Gasteiger partial charge < -0.3 is 4.74 Å². The predicted molar refractivity (Wildman–Crippen MR) is 125 cm³/mol. The molecule has 10 heteroatoms. The molecule has 2 aromatic carbocycles. The van der Waals surface area contributed by atoms with Crippen molar-refractivity contribution < 1.29 is 28.7 Å². The molecule has 1 saturated heterocycles. The number of carbonyl (C=O) groups excluding carboxylic acids is 5. The first kappa shape index (κ1) is 25.4. The van der Waals surface area contributed by atoms with Gasteiger partial charge in [0.05, 0.1) is 12.5 Å². The van der Waals surface area contributed by atoms with Crippen LogP contribution in [0.4, 0.5) is 0 Å². The van der Waals surface area contributed by atoms with Crippen molar-refractivity contribution >= 4 is 29.6 Å². The number of carbonyl (C=O) groups is 5. The molecular formula is C25H28N4O6. The van der Waals surface area contributed by atoms with Crippen molar-refractivity contribution in [3.05, 3.63) is 71.3 Å². The van der Waals surface area contributed by atoms with Crippen LogP contribution in [0.15, 0.2) is 54.6 Å². The van der Waals surface area contributed by atoms with E-state index in [-0.39, 0.29) is 18.4 Å². The molecule has 0 saturated carbocycles. The lowest BCUT2D eigenvalue weighted by molar-refractivity contribution is -0.152. The fourth-order valence-electron chi connectivity index (χ4n) is 3.36. The van der Waals surface area contributed by atoms with Crippen LogP contribution in [0.1, 0.15) is 53.5 Å². The van der Waals surface area contributed by atoms with Crippen LogP contribution in [-0.2, 0) is 24.5 Å². The molecule has 3 rings (SSSR count). The van der Waals surface area contributed by atoms with Crippen LogP contribution in [0.5, 0.6) is 0 Å². The molecule has 1 aliphatic heterocycles. The lowest BCUT2D eigenvalue weighted by Gasteiger charge is -2.20. The predicted octanol–water partition coefficient (Wildman–Crippen LogP) is 1.48. The van der Waals surface area contributed by atoms with Crippen LogP contribution in [-0.4, -0.2) is 47.8 Å². The van der Waals surface area contributed by atoms with Crippen LogP contribution < -0.4 is 16.3 Å². The Kier molecular flexibility index (Phi) is 7.85. The molecule has 184 valence electrons. The molecule has 3 N–H and O–H groups in total. The maximum atomic E-state index is 12.5. The molecule has 0 aromatic heterocycles. The molecule has 10 nitrogen and oxygen atoms in total. The van der Waals surface area contributed by atoms with Gasteiger partial charge in [-0.1, -0.05) is 51.1 Å². The van der Waals surface area contributed by atoms with Gasteiger partial charge in [-0.3, -0.25) is 45.3 Å². The minimum Gasteiger partial charge on any atom is -0.455 e. The normalized spacial score (nSPS) is 15.3. The van der Waals surface area contributed by atoms with Crippen LogP contribution >= 0.6 is 0 Å². The molecule has 4 amide bonds. The maximum absolute atomic E-state index is 12.5. The number of amides is 4. The monoisotopic (exact) mass is 480 g/mol. The number of nitrogens with zero attached hydrogens (tertiary/aromatic N) is 1. The summed E-state index contributed by atoms with van der Waals surface area (Å²) in [5.74, 6) is -3.76. The third-order valence-corrected chi connectivity index (χ3v) is 5.40. The van der Waals surface area contributed by atoms with E-state index in [0.717, 1.165) is 10.6 Å². The van der Waals surface area contributed by atoms with Crippen LogP contribution in [0, 0.1) is 5.92 Å². The quantitative estimate of drug-likeness (QED) is 0.424. The van der Waals surface area contributed by atoms with Crippen molar-refractivity contribution in [1.29, 1.82) is 0 Å². The van der Waals surface area contributed by atoms with Crippen LogP contribution in [0.2, 0.25) is 0 Å². The van der Waals surface area contributed by atoms with E-state index in [1.807, 2.05) is 12.1 Å². The summed E-state index contributed by atoms with van der Waals surface area (Å²) < 4.78 is 4.96. The van der Waals surface area contributed by atoms with Crippen molar-refractivity contribution in [1.82, 2.24) is 21.3 Å². The van der Waals surface area contributed by atoms with Gasteiger partial charge >= 0.3 is 5.97 Å². The minimum absolute atomic E-state index is 0.0576. The standard InChI is InChI=1S/C25H28N4O6/c1-25(2,3)19-11-9-17(10-12-19)23(33)28-29-14-18(13-21(29)31)24(34)35-15-20(30)26-27-22(32)16-7-5-4-6-8-16/h4-12,18H,13-15H2,1-3H3,(H,26,30)(H,27,32)(H,28,33)/t18-/m0/s1. The average molecular weight is 481 g/mol. The summed E-state index contributed by atoms with van der Waals surface area (Å²) in [4.78, 5) is 60.9. The lowest BCUT2D eigenvalue weighted by atomic mass is 9.87. The van der Waals surface area contributed by atoms with Gasteiger partial charge in [-0.2, -0.15) is 0 Å². The largest absolute Gasteiger partial charge is 0.455 e. The van der Waals surface area contributed by atoms with E-state index in [1.54, 1.807) is 42.5 Å². The Morgan fingerprint density at radius 1 is 0.914 bits per heavy atom. The first-order chi connectivity index (χ1) is 16.5. The highest BCUT2D eigenvalue weighted by atomic mass is 16.5. The molecule has 0 aliphatic carbocycles. The van der Waals surface area contributed by atoms with E-state index in [1.165, 1.54) is 0 Å². The van der Waals surface area contributed by atoms with Gasteiger partial charge in [0.15, 0.2) is 6.61 Å². The second kappa shape index (κ2) is 10.8. The molecule has 1 atom stereocenters. The van der Waals surface area contributed by atoms with Crippen LogP contribution in [0.3, 0.4) is 0 Å². The molecule has 1 heterocycles. The Balaban J connectivity index is 1.44. The molecule has 0 unspecified atom stereocenters. The van der Waals surface area contributed by atoms with E-state index < -0.39 is 42.1 Å². The smallest absolute Gasteiger partial charge is 0.311 e. The van der Waals surface area contributed by atoms with Crippen molar-refractivity contribution in [2.45, 2.75) is 32.6 Å². The molecule has 0 spiro atoms. The Morgan fingerprint density at radius 3 is 2.17 bits per heavy atom. The summed E-state index contributed by atoms with van der Waals surface area (Å²) in [6, 6.07) is 15.3. The molecular weight excluding hydrogens is 452 g/mol. The number of ether oxygens (including phenoxy) is 1. The van der Waals surface area contributed by atoms with Crippen LogP contribution in [0.25, 0.3) is 0 Å². The summed E-state index contributed by atoms with van der Waals surface area (Å²) in [5.41, 5.74) is 8.62. The van der Waals surface area contributed by atoms with Gasteiger partial charge in [0, 0.05) is 17.5 Å². The Bertz CT molecular complexity index is 1110. The number of hydrazine groups is 2. The maximum Gasteiger partial charge on any atom is 0.311 e. The number of benzene rings is 2. The average Bonchev–Trinajstić information content (AvgIpc) is 3.21. The minimum atomic E-state index is -0.835. The van der Waals surface area contributed by atoms with Crippen molar-refractivity contribution in [3.63, 3.8) is 0 Å². The molecule has 1 fully saturated rings. The van der Waals surface area contributed by atoms with E-state index in [9.17, 15) is 24.0 Å². The third-order valence-electron chi connectivity index (χ3n) is 5.40. The fourth-order valence-corrected chi connectivity index (χ4v) is 3.36. The van der Waals surface area contributed by atoms with Crippen molar-refractivity contribution in [2.24, 2.45) is 5.92 Å². The fraction of sp³-hybridized carbons (Fsp3) is 0.320. The SMILES string of the molecule is CC(C)(C)c1ccc(C(=O)NN2C[C@@H](C(=O)OCC(=O)NNC(=O)c3ccccc3)CC2=O)cc1. The lowest BCUT2D eigenvalue weighted by Crippen LogP contribution is -2.44. The molecule has 1 aliphatic rings. The number of nitrogens with one attached hydrogen (secondary N) is 3. The molecule has 0 radical (unpaired) electrons. The molecule has 35 heavy (non-hydrogen) atoms. The topological polar surface area (TPSA) is 134 Å². The van der Waals surface area contributed by atoms with Gasteiger partial charge in [0.25, 0.3) is 17.7 Å². The van der Waals surface area contributed by atoms with E-state index in [4.69, 9.17) is 4.74 Å². The summed E-state index contributed by atoms with van der Waals surface area (Å²) >= 11 is 0. The van der Waals surface area contributed by atoms with E-state index in [0.29, 0.717) is 11.1 Å². The van der Waals surface area contributed by atoms with Gasteiger partial charge in [0.2, 0.25) is 5.91 Å². The highest BCUT2D eigenvalue weighted by Crippen LogP contribution is 2.22. The summed E-state index contributed by atoms with van der Waals surface area (Å²) in [6.45, 7) is 5.48. The number of esters is 1. The Labute approximate surface area is 202 Å².